The smallest absolute Gasteiger partial charge is 0.295 e. The Bertz CT molecular complexity index is 1050. The van der Waals surface area contributed by atoms with E-state index < -0.39 is 23.5 Å². The van der Waals surface area contributed by atoms with Crippen LogP contribution in [0.5, 0.6) is 11.5 Å². The van der Waals surface area contributed by atoms with Crippen LogP contribution in [-0.2, 0) is 14.3 Å². The number of aromatic hydroxyl groups is 1. The summed E-state index contributed by atoms with van der Waals surface area (Å²) in [7, 11) is 2.96. The number of aliphatic hydroxyl groups is 1. The molecule has 3 rings (SSSR count). The maximum atomic E-state index is 13.0. The number of nitrogens with zero attached hydrogens (tertiary/aromatic N) is 1. The average molecular weight is 466 g/mol. The zero-order chi connectivity index (χ0) is 22.7. The monoisotopic (exact) mass is 465 g/mol. The van der Waals surface area contributed by atoms with Crippen molar-refractivity contribution in [3.63, 3.8) is 0 Å². The number of methoxy groups -OCH3 is 2. The second kappa shape index (κ2) is 9.60. The van der Waals surface area contributed by atoms with Gasteiger partial charge in [0.2, 0.25) is 0 Å². The van der Waals surface area contributed by atoms with E-state index in [9.17, 15) is 19.8 Å². The molecule has 0 bridgehead atoms. The van der Waals surface area contributed by atoms with Gasteiger partial charge in [-0.3, -0.25) is 9.59 Å². The lowest BCUT2D eigenvalue weighted by molar-refractivity contribution is -0.140. The predicted molar refractivity (Wildman–Crippen MR) is 117 cm³/mol. The van der Waals surface area contributed by atoms with E-state index in [-0.39, 0.29) is 34.2 Å². The second-order valence-electron chi connectivity index (χ2n) is 6.89. The third-order valence-electron chi connectivity index (χ3n) is 4.99. The summed E-state index contributed by atoms with van der Waals surface area (Å²) >= 11 is 12.2. The Balaban J connectivity index is 2.21. The molecule has 1 saturated heterocycles. The summed E-state index contributed by atoms with van der Waals surface area (Å²) in [5.74, 6) is -1.87. The van der Waals surface area contributed by atoms with Gasteiger partial charge in [0, 0.05) is 25.3 Å². The van der Waals surface area contributed by atoms with Gasteiger partial charge in [-0.15, -0.1) is 0 Å². The van der Waals surface area contributed by atoms with Crippen LogP contribution in [0.4, 0.5) is 0 Å². The van der Waals surface area contributed by atoms with Gasteiger partial charge in [-0.2, -0.15) is 0 Å². The molecule has 2 aromatic rings. The van der Waals surface area contributed by atoms with E-state index in [0.717, 1.165) is 0 Å². The molecule has 1 fully saturated rings. The van der Waals surface area contributed by atoms with Gasteiger partial charge >= 0.3 is 0 Å². The standard InChI is InChI=1S/C22H21Cl2NO6/c1-30-9-3-8-25-19(12-4-6-16(26)15(24)10-12)18(21(28)22(25)29)20(27)14-11-13(23)5-7-17(14)31-2/h4-7,10-11,19,26-27H,3,8-9H2,1-2H3/b20-18+. The fourth-order valence-corrected chi connectivity index (χ4v) is 3.90. The Labute approximate surface area is 189 Å². The zero-order valence-electron chi connectivity index (χ0n) is 16.9. The number of likely N-dealkylation sites (tertiary alicyclic amines) is 1. The Hall–Kier alpha value is -2.74. The summed E-state index contributed by atoms with van der Waals surface area (Å²) in [5.41, 5.74) is 0.520. The fourth-order valence-electron chi connectivity index (χ4n) is 3.54. The highest BCUT2D eigenvalue weighted by Crippen LogP contribution is 2.42. The minimum atomic E-state index is -0.918. The average Bonchev–Trinajstić information content (AvgIpc) is 3.00. The van der Waals surface area contributed by atoms with Crippen molar-refractivity contribution in [3.05, 3.63) is 63.1 Å². The number of benzene rings is 2. The molecule has 1 aliphatic heterocycles. The molecule has 1 amide bonds. The van der Waals surface area contributed by atoms with Crippen molar-refractivity contribution in [1.82, 2.24) is 4.90 Å². The molecule has 0 saturated carbocycles. The molecule has 31 heavy (non-hydrogen) atoms. The molecule has 9 heteroatoms. The van der Waals surface area contributed by atoms with Gasteiger partial charge in [-0.05, 0) is 42.3 Å². The van der Waals surface area contributed by atoms with E-state index in [1.54, 1.807) is 18.2 Å². The number of ether oxygens (including phenoxy) is 2. The van der Waals surface area contributed by atoms with E-state index in [0.29, 0.717) is 23.6 Å². The van der Waals surface area contributed by atoms with Crippen molar-refractivity contribution in [2.45, 2.75) is 12.5 Å². The summed E-state index contributed by atoms with van der Waals surface area (Å²) in [5, 5.41) is 21.3. The molecular formula is C22H21Cl2NO6. The van der Waals surface area contributed by atoms with Crippen LogP contribution < -0.4 is 4.74 Å². The van der Waals surface area contributed by atoms with Crippen LogP contribution in [-0.4, -0.2) is 54.2 Å². The summed E-state index contributed by atoms with van der Waals surface area (Å²) in [4.78, 5) is 27.2. The minimum Gasteiger partial charge on any atom is -0.507 e. The van der Waals surface area contributed by atoms with Crippen LogP contribution >= 0.6 is 23.2 Å². The van der Waals surface area contributed by atoms with Gasteiger partial charge in [0.05, 0.1) is 29.3 Å². The number of carbonyl (C=O) groups excluding carboxylic acids is 2. The number of halogens is 2. The molecule has 0 aromatic heterocycles. The molecule has 7 nitrogen and oxygen atoms in total. The first kappa shape index (κ1) is 22.9. The van der Waals surface area contributed by atoms with Crippen molar-refractivity contribution in [2.24, 2.45) is 0 Å². The number of rotatable bonds is 7. The van der Waals surface area contributed by atoms with Crippen molar-refractivity contribution >= 4 is 40.7 Å². The van der Waals surface area contributed by atoms with E-state index in [2.05, 4.69) is 0 Å². The normalized spacial score (nSPS) is 17.9. The highest BCUT2D eigenvalue weighted by molar-refractivity contribution is 6.46. The molecule has 2 N–H and O–H groups in total. The number of ketones is 1. The second-order valence-corrected chi connectivity index (χ2v) is 7.74. The molecule has 164 valence electrons. The Kier molecular flexibility index (Phi) is 7.10. The highest BCUT2D eigenvalue weighted by Gasteiger charge is 2.46. The third kappa shape index (κ3) is 4.49. The summed E-state index contributed by atoms with van der Waals surface area (Å²) < 4.78 is 10.3. The maximum Gasteiger partial charge on any atom is 0.295 e. The van der Waals surface area contributed by atoms with Gasteiger partial charge in [-0.25, -0.2) is 0 Å². The lowest BCUT2D eigenvalue weighted by atomic mass is 9.95. The highest BCUT2D eigenvalue weighted by atomic mass is 35.5. The Morgan fingerprint density at radius 3 is 2.52 bits per heavy atom. The fraction of sp³-hybridized carbons (Fsp3) is 0.273. The maximum absolute atomic E-state index is 13.0. The molecule has 0 spiro atoms. The number of hydrogen-bond acceptors (Lipinski definition) is 6. The van der Waals surface area contributed by atoms with E-state index in [4.69, 9.17) is 32.7 Å². The quantitative estimate of drug-likeness (QED) is 0.275. The van der Waals surface area contributed by atoms with Crippen molar-refractivity contribution < 1.29 is 29.3 Å². The molecule has 2 aromatic carbocycles. The number of aliphatic hydroxyl groups excluding tert-OH is 1. The Morgan fingerprint density at radius 2 is 1.87 bits per heavy atom. The van der Waals surface area contributed by atoms with Gasteiger partial charge < -0.3 is 24.6 Å². The topological polar surface area (TPSA) is 96.3 Å². The number of phenols is 1. The molecule has 1 atom stereocenters. The molecule has 0 aliphatic carbocycles. The molecular weight excluding hydrogens is 445 g/mol. The van der Waals surface area contributed by atoms with E-state index in [1.807, 2.05) is 0 Å². The SMILES string of the molecule is COCCCN1C(=O)C(=O)/C(=C(/O)c2cc(Cl)ccc2OC)C1c1ccc(O)c(Cl)c1. The van der Waals surface area contributed by atoms with E-state index in [1.165, 1.54) is 37.3 Å². The summed E-state index contributed by atoms with van der Waals surface area (Å²) in [6.07, 6.45) is 0.479. The van der Waals surface area contributed by atoms with Gasteiger partial charge in [0.1, 0.15) is 17.3 Å². The van der Waals surface area contributed by atoms with Gasteiger partial charge in [0.15, 0.2) is 0 Å². The molecule has 1 aliphatic rings. The first-order chi connectivity index (χ1) is 14.8. The predicted octanol–water partition coefficient (Wildman–Crippen LogP) is 4.17. The van der Waals surface area contributed by atoms with Crippen LogP contribution in [0.25, 0.3) is 5.76 Å². The number of phenolic OH excluding ortho intramolecular Hbond substituents is 1. The summed E-state index contributed by atoms with van der Waals surface area (Å²) in [6.45, 7) is 0.596. The minimum absolute atomic E-state index is 0.0558. The van der Waals surface area contributed by atoms with Gasteiger partial charge in [-0.1, -0.05) is 29.3 Å². The number of Topliss-reactive ketones (excluding diaryl/α,β-unsaturated/α-hetero) is 1. The van der Waals surface area contributed by atoms with Crippen molar-refractivity contribution in [3.8, 4) is 11.5 Å². The van der Waals surface area contributed by atoms with Crippen molar-refractivity contribution in [1.29, 1.82) is 0 Å². The van der Waals surface area contributed by atoms with Crippen LogP contribution in [0.2, 0.25) is 10.0 Å². The van der Waals surface area contributed by atoms with Crippen molar-refractivity contribution in [2.75, 3.05) is 27.4 Å². The zero-order valence-corrected chi connectivity index (χ0v) is 18.4. The summed E-state index contributed by atoms with van der Waals surface area (Å²) in [6, 6.07) is 8.04. The lowest BCUT2D eigenvalue weighted by Crippen LogP contribution is -2.31. The molecule has 1 heterocycles. The third-order valence-corrected chi connectivity index (χ3v) is 5.53. The van der Waals surface area contributed by atoms with Crippen LogP contribution in [0.1, 0.15) is 23.6 Å². The van der Waals surface area contributed by atoms with Crippen LogP contribution in [0.15, 0.2) is 42.0 Å². The van der Waals surface area contributed by atoms with Crippen LogP contribution in [0, 0.1) is 0 Å². The lowest BCUT2D eigenvalue weighted by Gasteiger charge is -2.25. The molecule has 1 unspecified atom stereocenters. The van der Waals surface area contributed by atoms with Gasteiger partial charge in [0.25, 0.3) is 11.7 Å². The first-order valence-electron chi connectivity index (χ1n) is 9.39. The number of hydrogen-bond donors (Lipinski definition) is 2. The first-order valence-corrected chi connectivity index (χ1v) is 10.2. The molecule has 0 radical (unpaired) electrons. The van der Waals surface area contributed by atoms with E-state index >= 15 is 0 Å². The number of carbonyl (C=O) groups is 2. The Morgan fingerprint density at radius 1 is 1.13 bits per heavy atom. The number of amides is 1. The van der Waals surface area contributed by atoms with Crippen LogP contribution in [0.3, 0.4) is 0 Å². The largest absolute Gasteiger partial charge is 0.507 e.